The van der Waals surface area contributed by atoms with Gasteiger partial charge in [-0.15, -0.1) is 0 Å². The summed E-state index contributed by atoms with van der Waals surface area (Å²) >= 11 is 0. The summed E-state index contributed by atoms with van der Waals surface area (Å²) in [5.41, 5.74) is 0.0212. The molecule has 4 nitrogen and oxygen atoms in total. The number of rotatable bonds is 17. The number of hydrogen-bond donors (Lipinski definition) is 1. The number of carbonyl (C=O) groups excluding carboxylic acids is 1. The van der Waals surface area contributed by atoms with E-state index in [1.165, 1.54) is 96.8 Å². The van der Waals surface area contributed by atoms with E-state index in [4.69, 9.17) is 5.26 Å². The number of unbranched alkanes of at least 4 members (excludes halogenated alkanes) is 13. The van der Waals surface area contributed by atoms with Crippen molar-refractivity contribution in [2.45, 2.75) is 96.8 Å². The van der Waals surface area contributed by atoms with Crippen molar-refractivity contribution in [2.24, 2.45) is 0 Å². The summed E-state index contributed by atoms with van der Waals surface area (Å²) in [6, 6.07) is 1.83. The van der Waals surface area contributed by atoms with E-state index in [2.05, 4.69) is 17.0 Å². The first-order valence-corrected chi connectivity index (χ1v) is 10.2. The van der Waals surface area contributed by atoms with Crippen molar-refractivity contribution in [2.75, 3.05) is 13.7 Å². The normalized spacial score (nSPS) is 11.2. The van der Waals surface area contributed by atoms with Gasteiger partial charge in [-0.25, -0.2) is 4.79 Å². The molecule has 0 aromatic rings. The fourth-order valence-electron chi connectivity index (χ4n) is 2.84. The van der Waals surface area contributed by atoms with Crippen molar-refractivity contribution in [1.82, 2.24) is 5.32 Å². The maximum Gasteiger partial charge on any atom is 0.350 e. The Bertz CT molecular complexity index is 386. The molecule has 0 saturated heterocycles. The molecule has 0 aliphatic carbocycles. The van der Waals surface area contributed by atoms with Crippen molar-refractivity contribution in [1.29, 1.82) is 5.26 Å². The topological polar surface area (TPSA) is 62.1 Å². The highest BCUT2D eigenvalue weighted by atomic mass is 16.5. The average Bonchev–Trinajstić information content (AvgIpc) is 2.64. The zero-order valence-electron chi connectivity index (χ0n) is 16.4. The van der Waals surface area contributed by atoms with Gasteiger partial charge in [0.15, 0.2) is 5.57 Å². The van der Waals surface area contributed by atoms with E-state index >= 15 is 0 Å². The molecule has 144 valence electrons. The highest BCUT2D eigenvalue weighted by Gasteiger charge is 2.06. The molecule has 4 heteroatoms. The lowest BCUT2D eigenvalue weighted by molar-refractivity contribution is -0.135. The van der Waals surface area contributed by atoms with Crippen LogP contribution in [0.1, 0.15) is 96.8 Å². The molecule has 0 rings (SSSR count). The summed E-state index contributed by atoms with van der Waals surface area (Å²) in [5.74, 6) is -0.587. The molecule has 0 atom stereocenters. The van der Waals surface area contributed by atoms with Crippen molar-refractivity contribution in [3.63, 3.8) is 0 Å². The minimum absolute atomic E-state index is 0.0212. The summed E-state index contributed by atoms with van der Waals surface area (Å²) in [6.45, 7) is 3.06. The predicted octanol–water partition coefficient (Wildman–Crippen LogP) is 5.64. The first kappa shape index (κ1) is 23.5. The Hall–Kier alpha value is -1.50. The number of methoxy groups -OCH3 is 1. The third kappa shape index (κ3) is 15.8. The largest absolute Gasteiger partial charge is 0.465 e. The minimum atomic E-state index is -0.587. The Morgan fingerprint density at radius 1 is 0.880 bits per heavy atom. The number of nitrogens with zero attached hydrogens (tertiary/aromatic N) is 1. The molecular weight excluding hydrogens is 312 g/mol. The second kappa shape index (κ2) is 18.8. The van der Waals surface area contributed by atoms with Crippen LogP contribution in [0.2, 0.25) is 0 Å². The fourth-order valence-corrected chi connectivity index (χ4v) is 2.84. The van der Waals surface area contributed by atoms with Gasteiger partial charge in [0.25, 0.3) is 0 Å². The van der Waals surface area contributed by atoms with Gasteiger partial charge in [0.2, 0.25) is 0 Å². The van der Waals surface area contributed by atoms with Crippen LogP contribution in [-0.2, 0) is 9.53 Å². The molecule has 0 unspecified atom stereocenters. The summed E-state index contributed by atoms with van der Waals surface area (Å²) in [7, 11) is 1.28. The van der Waals surface area contributed by atoms with E-state index in [-0.39, 0.29) is 5.57 Å². The Labute approximate surface area is 155 Å². The highest BCUT2D eigenvalue weighted by Crippen LogP contribution is 2.12. The summed E-state index contributed by atoms with van der Waals surface area (Å²) < 4.78 is 4.51. The number of ether oxygens (including phenoxy) is 1. The van der Waals surface area contributed by atoms with Gasteiger partial charge in [-0.3, -0.25) is 0 Å². The maximum absolute atomic E-state index is 11.2. The van der Waals surface area contributed by atoms with Gasteiger partial charge >= 0.3 is 5.97 Å². The molecule has 0 radical (unpaired) electrons. The van der Waals surface area contributed by atoms with Crippen LogP contribution in [0.5, 0.6) is 0 Å². The smallest absolute Gasteiger partial charge is 0.350 e. The van der Waals surface area contributed by atoms with Crippen LogP contribution in [-0.4, -0.2) is 19.6 Å². The van der Waals surface area contributed by atoms with Gasteiger partial charge in [-0.2, -0.15) is 5.26 Å². The molecule has 1 N–H and O–H groups in total. The van der Waals surface area contributed by atoms with Crippen LogP contribution >= 0.6 is 0 Å². The van der Waals surface area contributed by atoms with Gasteiger partial charge < -0.3 is 10.1 Å². The van der Waals surface area contributed by atoms with Crippen LogP contribution in [0.15, 0.2) is 11.8 Å². The van der Waals surface area contributed by atoms with Gasteiger partial charge in [0.1, 0.15) is 6.07 Å². The second-order valence-electron chi connectivity index (χ2n) is 6.71. The summed E-state index contributed by atoms with van der Waals surface area (Å²) in [4.78, 5) is 11.2. The average molecular weight is 351 g/mol. The maximum atomic E-state index is 11.2. The lowest BCUT2D eigenvalue weighted by Crippen LogP contribution is -2.12. The van der Waals surface area contributed by atoms with Crippen molar-refractivity contribution in [3.05, 3.63) is 11.8 Å². The van der Waals surface area contributed by atoms with E-state index in [1.807, 2.05) is 6.07 Å². The molecule has 0 amide bonds. The van der Waals surface area contributed by atoms with Gasteiger partial charge in [-0.05, 0) is 6.42 Å². The van der Waals surface area contributed by atoms with Crippen molar-refractivity contribution < 1.29 is 9.53 Å². The van der Waals surface area contributed by atoms with Crippen LogP contribution in [0.3, 0.4) is 0 Å². The minimum Gasteiger partial charge on any atom is -0.465 e. The molecule has 0 fully saturated rings. The molecule has 0 saturated carbocycles. The molecule has 0 aromatic carbocycles. The quantitative estimate of drug-likeness (QED) is 0.160. The van der Waals surface area contributed by atoms with E-state index in [9.17, 15) is 4.79 Å². The first-order chi connectivity index (χ1) is 12.3. The first-order valence-electron chi connectivity index (χ1n) is 10.2. The molecule has 0 heterocycles. The zero-order valence-corrected chi connectivity index (χ0v) is 16.4. The van der Waals surface area contributed by atoms with E-state index in [1.54, 1.807) is 0 Å². The van der Waals surface area contributed by atoms with Crippen LogP contribution in [0, 0.1) is 11.3 Å². The van der Waals surface area contributed by atoms with E-state index in [0.717, 1.165) is 13.0 Å². The van der Waals surface area contributed by atoms with Crippen LogP contribution < -0.4 is 5.32 Å². The number of esters is 1. The Balaban J connectivity index is 3.28. The van der Waals surface area contributed by atoms with Crippen molar-refractivity contribution >= 4 is 5.97 Å². The number of nitrogens with one attached hydrogen (secondary N) is 1. The molecular formula is C21H38N2O2. The number of nitriles is 1. The number of hydrogen-bond acceptors (Lipinski definition) is 4. The van der Waals surface area contributed by atoms with Gasteiger partial charge in [0.05, 0.1) is 7.11 Å². The van der Waals surface area contributed by atoms with E-state index < -0.39 is 5.97 Å². The molecule has 0 spiro atoms. The lowest BCUT2D eigenvalue weighted by Gasteiger charge is -2.04. The third-order valence-corrected chi connectivity index (χ3v) is 4.45. The Morgan fingerprint density at radius 3 is 1.72 bits per heavy atom. The lowest BCUT2D eigenvalue weighted by atomic mass is 10.0. The van der Waals surface area contributed by atoms with E-state index in [0.29, 0.717) is 0 Å². The summed E-state index contributed by atoms with van der Waals surface area (Å²) in [5, 5.41) is 11.8. The van der Waals surface area contributed by atoms with Crippen molar-refractivity contribution in [3.8, 4) is 6.07 Å². The molecule has 25 heavy (non-hydrogen) atoms. The Kier molecular flexibility index (Phi) is 17.7. The fraction of sp³-hybridized carbons (Fsp3) is 0.810. The monoisotopic (exact) mass is 350 g/mol. The molecule has 0 aliphatic heterocycles. The SMILES string of the molecule is CCCCCCCCCCCCCCCCN/C=C(/C#N)C(=O)OC. The molecule has 0 aromatic heterocycles. The molecule has 0 bridgehead atoms. The standard InChI is InChI=1S/C21H38N2O2/c1-3-4-5-6-7-8-9-10-11-12-13-14-15-16-17-23-19-20(18-22)21(24)25-2/h19,23H,3-17H2,1-2H3/b20-19-. The predicted molar refractivity (Wildman–Crippen MR) is 104 cm³/mol. The van der Waals surface area contributed by atoms with Gasteiger partial charge in [0, 0.05) is 12.7 Å². The second-order valence-corrected chi connectivity index (χ2v) is 6.71. The van der Waals surface area contributed by atoms with Gasteiger partial charge in [-0.1, -0.05) is 90.4 Å². The van der Waals surface area contributed by atoms with Crippen LogP contribution in [0.25, 0.3) is 0 Å². The zero-order chi connectivity index (χ0) is 18.6. The Morgan fingerprint density at radius 2 is 1.32 bits per heavy atom. The molecule has 0 aliphatic rings. The summed E-state index contributed by atoms with van der Waals surface area (Å²) in [6.07, 6.45) is 20.2. The number of carbonyl (C=O) groups is 1. The highest BCUT2D eigenvalue weighted by molar-refractivity contribution is 5.92. The van der Waals surface area contributed by atoms with Crippen LogP contribution in [0.4, 0.5) is 0 Å². The third-order valence-electron chi connectivity index (χ3n) is 4.45.